The third-order valence-corrected chi connectivity index (χ3v) is 5.16. The third kappa shape index (κ3) is 2.73. The number of ether oxygens (including phenoxy) is 2. The molecule has 1 aromatic carbocycles. The van der Waals surface area contributed by atoms with Gasteiger partial charge >= 0.3 is 0 Å². The van der Waals surface area contributed by atoms with E-state index in [2.05, 4.69) is 10.3 Å². The topological polar surface area (TPSA) is 69.5 Å². The molecule has 1 aliphatic carbocycles. The molecule has 5 rings (SSSR count). The van der Waals surface area contributed by atoms with Crippen molar-refractivity contribution in [1.82, 2.24) is 19.9 Å². The molecule has 2 atom stereocenters. The van der Waals surface area contributed by atoms with Gasteiger partial charge in [-0.3, -0.25) is 4.79 Å². The van der Waals surface area contributed by atoms with E-state index >= 15 is 0 Å². The van der Waals surface area contributed by atoms with Crippen LogP contribution in [0.25, 0.3) is 0 Å². The molecule has 1 amide bonds. The van der Waals surface area contributed by atoms with Gasteiger partial charge in [0.05, 0.1) is 11.7 Å². The Hall–Kier alpha value is -2.57. The van der Waals surface area contributed by atoms with Gasteiger partial charge < -0.3 is 14.4 Å². The lowest BCUT2D eigenvalue weighted by Crippen LogP contribution is -2.45. The monoisotopic (exact) mass is 340 g/mol. The zero-order valence-electron chi connectivity index (χ0n) is 13.9. The summed E-state index contributed by atoms with van der Waals surface area (Å²) in [5.41, 5.74) is 1.09. The van der Waals surface area contributed by atoms with Crippen LogP contribution >= 0.6 is 0 Å². The second-order valence-electron chi connectivity index (χ2n) is 6.99. The summed E-state index contributed by atoms with van der Waals surface area (Å²) in [4.78, 5) is 14.6. The zero-order valence-corrected chi connectivity index (χ0v) is 13.9. The molecule has 0 N–H and O–H groups in total. The molecule has 25 heavy (non-hydrogen) atoms. The second kappa shape index (κ2) is 5.75. The van der Waals surface area contributed by atoms with Crippen LogP contribution in [0.5, 0.6) is 11.5 Å². The van der Waals surface area contributed by atoms with Gasteiger partial charge in [0.15, 0.2) is 11.5 Å². The summed E-state index contributed by atoms with van der Waals surface area (Å²) in [6, 6.07) is 7.65. The van der Waals surface area contributed by atoms with Crippen LogP contribution in [-0.2, 0) is 4.79 Å². The molecule has 1 saturated carbocycles. The molecule has 0 spiro atoms. The van der Waals surface area contributed by atoms with E-state index in [0.717, 1.165) is 12.1 Å². The van der Waals surface area contributed by atoms with Gasteiger partial charge in [-0.05, 0) is 31.4 Å². The molecule has 7 nitrogen and oxygen atoms in total. The summed E-state index contributed by atoms with van der Waals surface area (Å²) in [5.74, 6) is 1.91. The van der Waals surface area contributed by atoms with Gasteiger partial charge in [0.2, 0.25) is 6.10 Å². The average molecular weight is 340 g/mol. The lowest BCUT2D eigenvalue weighted by molar-refractivity contribution is -0.140. The third-order valence-electron chi connectivity index (χ3n) is 5.16. The first-order valence-electron chi connectivity index (χ1n) is 8.87. The molecule has 3 heterocycles. The number of para-hydroxylation sites is 2. The Labute approximate surface area is 145 Å². The Kier molecular flexibility index (Phi) is 3.39. The van der Waals surface area contributed by atoms with E-state index < -0.39 is 6.10 Å². The molecule has 2 fully saturated rings. The molecule has 1 aromatic heterocycles. The maximum absolute atomic E-state index is 12.8. The first-order valence-corrected chi connectivity index (χ1v) is 8.87. The number of fused-ring (bicyclic) bond motifs is 1. The Morgan fingerprint density at radius 1 is 1.16 bits per heavy atom. The number of hydrogen-bond acceptors (Lipinski definition) is 5. The molecule has 2 aliphatic heterocycles. The van der Waals surface area contributed by atoms with Gasteiger partial charge in [-0.15, -0.1) is 5.10 Å². The van der Waals surface area contributed by atoms with Crippen LogP contribution < -0.4 is 9.47 Å². The van der Waals surface area contributed by atoms with Crippen molar-refractivity contribution in [2.24, 2.45) is 0 Å². The van der Waals surface area contributed by atoms with E-state index in [-0.39, 0.29) is 18.6 Å². The van der Waals surface area contributed by atoms with Gasteiger partial charge in [0.1, 0.15) is 6.61 Å². The minimum absolute atomic E-state index is 0.0143. The van der Waals surface area contributed by atoms with E-state index in [4.69, 9.17) is 9.47 Å². The van der Waals surface area contributed by atoms with Crippen molar-refractivity contribution < 1.29 is 14.3 Å². The van der Waals surface area contributed by atoms with Gasteiger partial charge in [0, 0.05) is 25.2 Å². The molecule has 7 heteroatoms. The quantitative estimate of drug-likeness (QED) is 0.852. The van der Waals surface area contributed by atoms with Crippen LogP contribution in [0.1, 0.15) is 36.9 Å². The molecule has 0 unspecified atom stereocenters. The molecular weight excluding hydrogens is 320 g/mol. The van der Waals surface area contributed by atoms with Crippen molar-refractivity contribution in [2.45, 2.75) is 37.3 Å². The van der Waals surface area contributed by atoms with E-state index in [9.17, 15) is 4.79 Å². The van der Waals surface area contributed by atoms with E-state index in [0.29, 0.717) is 30.5 Å². The standard InChI is InChI=1S/C18H20N4O3/c23-18(17-11-24-15-3-1-2-4-16(15)25-17)21-8-7-13(9-21)22-10-14(19-20-22)12-5-6-12/h1-4,10,12-13,17H,5-9,11H2/t13-,17-/m1/s1. The summed E-state index contributed by atoms with van der Waals surface area (Å²) >= 11 is 0. The maximum atomic E-state index is 12.8. The van der Waals surface area contributed by atoms with Crippen LogP contribution in [0.2, 0.25) is 0 Å². The number of aromatic nitrogens is 3. The first-order chi connectivity index (χ1) is 12.3. The average Bonchev–Trinajstić information content (AvgIpc) is 3.19. The summed E-state index contributed by atoms with van der Waals surface area (Å²) < 4.78 is 13.4. The Morgan fingerprint density at radius 2 is 2.00 bits per heavy atom. The summed E-state index contributed by atoms with van der Waals surface area (Å²) in [7, 11) is 0. The molecule has 130 valence electrons. The number of amides is 1. The predicted octanol–water partition coefficient (Wildman–Crippen LogP) is 1.77. The Balaban J connectivity index is 1.24. The predicted molar refractivity (Wildman–Crippen MR) is 88.6 cm³/mol. The summed E-state index contributed by atoms with van der Waals surface area (Å²) in [5, 5.41) is 8.54. The Bertz CT molecular complexity index is 801. The fourth-order valence-corrected chi connectivity index (χ4v) is 3.54. The number of nitrogens with zero attached hydrogens (tertiary/aromatic N) is 4. The van der Waals surface area contributed by atoms with Crippen LogP contribution in [0.4, 0.5) is 0 Å². The van der Waals surface area contributed by atoms with Crippen LogP contribution in [-0.4, -0.2) is 51.6 Å². The van der Waals surface area contributed by atoms with Gasteiger partial charge in [-0.2, -0.15) is 0 Å². The Morgan fingerprint density at radius 3 is 2.84 bits per heavy atom. The normalized spacial score (nSPS) is 25.2. The highest BCUT2D eigenvalue weighted by atomic mass is 16.6. The number of carbonyl (C=O) groups is 1. The van der Waals surface area contributed by atoms with Crippen LogP contribution in [0.15, 0.2) is 30.5 Å². The summed E-state index contributed by atoms with van der Waals surface area (Å²) in [6.45, 7) is 1.61. The van der Waals surface area contributed by atoms with Gasteiger partial charge in [-0.25, -0.2) is 4.68 Å². The molecule has 1 saturated heterocycles. The van der Waals surface area contributed by atoms with Crippen LogP contribution in [0.3, 0.4) is 0 Å². The number of hydrogen-bond donors (Lipinski definition) is 0. The number of carbonyl (C=O) groups excluding carboxylic acids is 1. The first kappa shape index (κ1) is 14.7. The highest BCUT2D eigenvalue weighted by Gasteiger charge is 2.36. The SMILES string of the molecule is O=C([C@H]1COc2ccccc2O1)N1CC[C@@H](n2cc(C3CC3)nn2)C1. The molecule has 2 aromatic rings. The number of rotatable bonds is 3. The van der Waals surface area contributed by atoms with Crippen molar-refractivity contribution in [3.8, 4) is 11.5 Å². The van der Waals surface area contributed by atoms with Crippen molar-refractivity contribution in [1.29, 1.82) is 0 Å². The van der Waals surface area contributed by atoms with Crippen LogP contribution in [0, 0.1) is 0 Å². The van der Waals surface area contributed by atoms with E-state index in [1.54, 1.807) is 0 Å². The largest absolute Gasteiger partial charge is 0.485 e. The lowest BCUT2D eigenvalue weighted by Gasteiger charge is -2.28. The highest BCUT2D eigenvalue weighted by molar-refractivity contribution is 5.82. The lowest BCUT2D eigenvalue weighted by atomic mass is 10.2. The molecular formula is C18H20N4O3. The van der Waals surface area contributed by atoms with Crippen molar-refractivity contribution >= 4 is 5.91 Å². The number of benzene rings is 1. The van der Waals surface area contributed by atoms with E-state index in [1.807, 2.05) is 40.0 Å². The second-order valence-corrected chi connectivity index (χ2v) is 6.99. The molecule has 0 radical (unpaired) electrons. The number of likely N-dealkylation sites (tertiary alicyclic amines) is 1. The smallest absolute Gasteiger partial charge is 0.267 e. The zero-order chi connectivity index (χ0) is 16.8. The van der Waals surface area contributed by atoms with Crippen molar-refractivity contribution in [2.75, 3.05) is 19.7 Å². The molecule has 0 bridgehead atoms. The van der Waals surface area contributed by atoms with Gasteiger partial charge in [-0.1, -0.05) is 17.3 Å². The minimum Gasteiger partial charge on any atom is -0.485 e. The van der Waals surface area contributed by atoms with Gasteiger partial charge in [0.25, 0.3) is 5.91 Å². The van der Waals surface area contributed by atoms with Crippen molar-refractivity contribution in [3.63, 3.8) is 0 Å². The van der Waals surface area contributed by atoms with Crippen molar-refractivity contribution in [3.05, 3.63) is 36.2 Å². The van der Waals surface area contributed by atoms with E-state index in [1.165, 1.54) is 12.8 Å². The fraction of sp³-hybridized carbons (Fsp3) is 0.500. The maximum Gasteiger partial charge on any atom is 0.267 e. The molecule has 3 aliphatic rings. The minimum atomic E-state index is -0.577. The summed E-state index contributed by atoms with van der Waals surface area (Å²) in [6.07, 6.45) is 4.80. The highest BCUT2D eigenvalue weighted by Crippen LogP contribution is 2.39. The fourth-order valence-electron chi connectivity index (χ4n) is 3.54.